The third kappa shape index (κ3) is 4.09. The number of fused-ring (bicyclic) bond motifs is 1. The summed E-state index contributed by atoms with van der Waals surface area (Å²) in [6.07, 6.45) is 1.67. The van der Waals surface area contributed by atoms with Crippen molar-refractivity contribution in [3.05, 3.63) is 94.9 Å². The van der Waals surface area contributed by atoms with E-state index in [1.54, 1.807) is 37.4 Å². The quantitative estimate of drug-likeness (QED) is 0.215. The summed E-state index contributed by atoms with van der Waals surface area (Å²) in [5.41, 5.74) is 3.53. The molecule has 6 heteroatoms. The molecule has 1 heterocycles. The summed E-state index contributed by atoms with van der Waals surface area (Å²) < 4.78 is 20.6. The van der Waals surface area contributed by atoms with Crippen molar-refractivity contribution >= 4 is 34.3 Å². The molecule has 0 aliphatic heterocycles. The summed E-state index contributed by atoms with van der Waals surface area (Å²) in [6, 6.07) is 19.7. The van der Waals surface area contributed by atoms with Crippen LogP contribution >= 0.6 is 11.6 Å². The van der Waals surface area contributed by atoms with E-state index >= 15 is 0 Å². The normalized spacial score (nSPS) is 10.9. The molecule has 1 aromatic heterocycles. The molecule has 0 amide bonds. The van der Waals surface area contributed by atoms with Gasteiger partial charge in [0.15, 0.2) is 0 Å². The smallest absolute Gasteiger partial charge is 0.379 e. The maximum atomic E-state index is 13.7. The lowest BCUT2D eigenvalue weighted by Crippen LogP contribution is -2.17. The molecule has 0 radical (unpaired) electrons. The van der Waals surface area contributed by atoms with Gasteiger partial charge in [0.05, 0.1) is 22.7 Å². The van der Waals surface area contributed by atoms with Crippen LogP contribution in [0.2, 0.25) is 5.02 Å². The van der Waals surface area contributed by atoms with Gasteiger partial charge in [-0.2, -0.15) is 0 Å². The van der Waals surface area contributed by atoms with E-state index < -0.39 is 17.6 Å². The van der Waals surface area contributed by atoms with Crippen LogP contribution in [0.1, 0.15) is 22.8 Å². The Hall–Kier alpha value is -3.44. The Morgan fingerprint density at radius 2 is 1.81 bits per heavy atom. The minimum Gasteiger partial charge on any atom is -0.460 e. The van der Waals surface area contributed by atoms with Gasteiger partial charge in [-0.25, -0.2) is 9.18 Å². The number of nitrogens with zero attached hydrogens (tertiary/aromatic N) is 1. The fraction of sp³-hybridized carbons (Fsp3) is 0.120. The number of para-hydroxylation sites is 1. The summed E-state index contributed by atoms with van der Waals surface area (Å²) in [7, 11) is 0. The van der Waals surface area contributed by atoms with Crippen LogP contribution in [0, 0.1) is 5.82 Å². The molecule has 4 rings (SSSR count). The summed E-state index contributed by atoms with van der Waals surface area (Å²) in [4.78, 5) is 25.0. The highest BCUT2D eigenvalue weighted by molar-refractivity contribution is 6.43. The monoisotopic (exact) mass is 435 g/mol. The van der Waals surface area contributed by atoms with Gasteiger partial charge in [0.1, 0.15) is 5.82 Å². The Kier molecular flexibility index (Phi) is 5.87. The number of esters is 1. The van der Waals surface area contributed by atoms with Crippen LogP contribution < -0.4 is 0 Å². The average molecular weight is 436 g/mol. The van der Waals surface area contributed by atoms with Crippen LogP contribution in [-0.2, 0) is 16.1 Å². The van der Waals surface area contributed by atoms with Gasteiger partial charge in [0, 0.05) is 23.7 Å². The predicted molar refractivity (Wildman–Crippen MR) is 119 cm³/mol. The van der Waals surface area contributed by atoms with Crippen LogP contribution in [0.4, 0.5) is 4.39 Å². The molecule has 4 aromatic rings. The SMILES string of the molecule is CCOC(=O)C(=O)c1cn(Cc2ccccc2)c2c(-c3ccc(F)c(Cl)c3)cccc12. The minimum atomic E-state index is -0.892. The molecule has 0 saturated carbocycles. The number of rotatable bonds is 6. The molecule has 0 unspecified atom stereocenters. The first-order valence-corrected chi connectivity index (χ1v) is 10.2. The highest BCUT2D eigenvalue weighted by Gasteiger charge is 2.24. The van der Waals surface area contributed by atoms with Crippen molar-refractivity contribution in [2.45, 2.75) is 13.5 Å². The van der Waals surface area contributed by atoms with Crippen LogP contribution in [0.25, 0.3) is 22.0 Å². The molecule has 0 fully saturated rings. The molecule has 4 nitrogen and oxygen atoms in total. The van der Waals surface area contributed by atoms with Gasteiger partial charge in [-0.15, -0.1) is 0 Å². The molecule has 0 aliphatic carbocycles. The molecule has 0 saturated heterocycles. The van der Waals surface area contributed by atoms with Crippen molar-refractivity contribution in [3.8, 4) is 11.1 Å². The molecule has 0 bridgehead atoms. The maximum Gasteiger partial charge on any atom is 0.379 e. The van der Waals surface area contributed by atoms with Crippen LogP contribution in [0.3, 0.4) is 0 Å². The number of hydrogen-bond donors (Lipinski definition) is 0. The fourth-order valence-corrected chi connectivity index (χ4v) is 3.83. The molecular weight excluding hydrogens is 417 g/mol. The van der Waals surface area contributed by atoms with Gasteiger partial charge in [0.25, 0.3) is 5.78 Å². The van der Waals surface area contributed by atoms with Gasteiger partial charge >= 0.3 is 5.97 Å². The van der Waals surface area contributed by atoms with Crippen molar-refractivity contribution < 1.29 is 18.7 Å². The van der Waals surface area contributed by atoms with Crippen molar-refractivity contribution in [2.75, 3.05) is 6.61 Å². The second-order valence-electron chi connectivity index (χ2n) is 7.04. The highest BCUT2D eigenvalue weighted by atomic mass is 35.5. The van der Waals surface area contributed by atoms with Gasteiger partial charge < -0.3 is 9.30 Å². The molecule has 156 valence electrons. The Morgan fingerprint density at radius 3 is 2.52 bits per heavy atom. The number of carbonyl (C=O) groups excluding carboxylic acids is 2. The Bertz CT molecular complexity index is 1280. The number of halogens is 2. The third-order valence-electron chi connectivity index (χ3n) is 5.03. The molecule has 0 aliphatic rings. The number of ether oxygens (including phenoxy) is 1. The average Bonchev–Trinajstić information content (AvgIpc) is 3.14. The van der Waals surface area contributed by atoms with E-state index in [2.05, 4.69) is 0 Å². The number of ketones is 1. The zero-order chi connectivity index (χ0) is 22.0. The van der Waals surface area contributed by atoms with Gasteiger partial charge in [-0.3, -0.25) is 4.79 Å². The lowest BCUT2D eigenvalue weighted by atomic mass is 10.0. The van der Waals surface area contributed by atoms with Crippen LogP contribution in [-0.4, -0.2) is 22.9 Å². The highest BCUT2D eigenvalue weighted by Crippen LogP contribution is 2.34. The topological polar surface area (TPSA) is 48.3 Å². The minimum absolute atomic E-state index is 0.0125. The number of benzene rings is 3. The van der Waals surface area contributed by atoms with Crippen molar-refractivity contribution in [1.29, 1.82) is 0 Å². The molecule has 3 aromatic carbocycles. The first-order valence-electron chi connectivity index (χ1n) is 9.82. The fourth-order valence-electron chi connectivity index (χ4n) is 3.65. The van der Waals surface area contributed by atoms with E-state index in [9.17, 15) is 14.0 Å². The largest absolute Gasteiger partial charge is 0.460 e. The molecular formula is C25H19ClFNO3. The number of aromatic nitrogens is 1. The zero-order valence-electron chi connectivity index (χ0n) is 16.8. The van der Waals surface area contributed by atoms with Crippen molar-refractivity contribution in [3.63, 3.8) is 0 Å². The van der Waals surface area contributed by atoms with E-state index in [0.717, 1.165) is 16.6 Å². The van der Waals surface area contributed by atoms with E-state index in [1.165, 1.54) is 6.07 Å². The number of Topliss-reactive ketones (excluding diaryl/α,β-unsaturated/α-hetero) is 1. The van der Waals surface area contributed by atoms with E-state index in [4.69, 9.17) is 16.3 Å². The van der Waals surface area contributed by atoms with E-state index in [-0.39, 0.29) is 17.2 Å². The molecule has 0 spiro atoms. The van der Waals surface area contributed by atoms with Gasteiger partial charge in [-0.05, 0) is 30.2 Å². The Labute approximate surface area is 183 Å². The number of carbonyl (C=O) groups is 2. The molecule has 0 N–H and O–H groups in total. The van der Waals surface area contributed by atoms with Gasteiger partial charge in [0.2, 0.25) is 0 Å². The van der Waals surface area contributed by atoms with E-state index in [0.29, 0.717) is 17.5 Å². The second kappa shape index (κ2) is 8.74. The Morgan fingerprint density at radius 1 is 1.03 bits per heavy atom. The summed E-state index contributed by atoms with van der Waals surface area (Å²) in [5, 5.41) is 0.630. The predicted octanol–water partition coefficient (Wildman–Crippen LogP) is 5.89. The first kappa shape index (κ1) is 20.8. The molecule has 0 atom stereocenters. The van der Waals surface area contributed by atoms with E-state index in [1.807, 2.05) is 41.0 Å². The van der Waals surface area contributed by atoms with Crippen molar-refractivity contribution in [2.24, 2.45) is 0 Å². The maximum absolute atomic E-state index is 13.7. The van der Waals surface area contributed by atoms with Crippen LogP contribution in [0.5, 0.6) is 0 Å². The lowest BCUT2D eigenvalue weighted by molar-refractivity contribution is -0.137. The molecule has 31 heavy (non-hydrogen) atoms. The second-order valence-corrected chi connectivity index (χ2v) is 7.44. The standard InChI is InChI=1S/C25H19ClFNO3/c1-2-31-25(30)24(29)20-15-28(14-16-7-4-3-5-8-16)23-18(9-6-10-19(20)23)17-11-12-22(27)21(26)13-17/h3-13,15H,2,14H2,1H3. The summed E-state index contributed by atoms with van der Waals surface area (Å²) >= 11 is 6.02. The van der Waals surface area contributed by atoms with Crippen molar-refractivity contribution in [1.82, 2.24) is 4.57 Å². The van der Waals surface area contributed by atoms with Crippen LogP contribution in [0.15, 0.2) is 72.9 Å². The third-order valence-corrected chi connectivity index (χ3v) is 5.32. The Balaban J connectivity index is 1.94. The number of hydrogen-bond acceptors (Lipinski definition) is 3. The zero-order valence-corrected chi connectivity index (χ0v) is 17.5. The first-order chi connectivity index (χ1) is 15.0. The van der Waals surface area contributed by atoms with Gasteiger partial charge in [-0.1, -0.05) is 66.2 Å². The summed E-state index contributed by atoms with van der Waals surface area (Å²) in [6.45, 7) is 2.26. The summed E-state index contributed by atoms with van der Waals surface area (Å²) in [5.74, 6) is -2.10. The lowest BCUT2D eigenvalue weighted by Gasteiger charge is -2.11.